The SMILES string of the molecule is C=CC(=C)CC[C@]1(C)[C@H](C)C[C@H](O)[C@@]23C(=C[C@H](OC(=O)C[C@@H](O)CCCCC)C[C@@H]12)[C@@H](OC(C)=O)O[C@H]3OC(C)=O. The van der Waals surface area contributed by atoms with E-state index in [2.05, 4.69) is 33.9 Å². The van der Waals surface area contributed by atoms with Gasteiger partial charge in [0, 0.05) is 19.4 Å². The molecular weight excluding hydrogens is 528 g/mol. The Kier molecular flexibility index (Phi) is 11.0. The molecule has 230 valence electrons. The van der Waals surface area contributed by atoms with Gasteiger partial charge in [-0.1, -0.05) is 64.8 Å². The highest BCUT2D eigenvalue weighted by Crippen LogP contribution is 2.67. The zero-order chi connectivity index (χ0) is 30.5. The highest BCUT2D eigenvalue weighted by Gasteiger charge is 2.71. The first-order valence-electron chi connectivity index (χ1n) is 14.9. The molecule has 0 amide bonds. The Morgan fingerprint density at radius 1 is 1.17 bits per heavy atom. The van der Waals surface area contributed by atoms with Gasteiger partial charge in [-0.3, -0.25) is 19.1 Å². The molecule has 1 aliphatic heterocycles. The maximum Gasteiger partial charge on any atom is 0.309 e. The molecule has 9 nitrogen and oxygen atoms in total. The van der Waals surface area contributed by atoms with Crippen LogP contribution in [0, 0.1) is 22.7 Å². The van der Waals surface area contributed by atoms with Gasteiger partial charge in [0.2, 0.25) is 12.6 Å². The summed E-state index contributed by atoms with van der Waals surface area (Å²) in [6.07, 6.45) is 3.73. The van der Waals surface area contributed by atoms with Crippen LogP contribution in [-0.2, 0) is 33.3 Å². The molecule has 0 bridgehead atoms. The Labute approximate surface area is 243 Å². The number of aliphatic hydroxyl groups excluding tert-OH is 2. The van der Waals surface area contributed by atoms with Crippen molar-refractivity contribution < 1.29 is 43.5 Å². The molecule has 1 spiro atoms. The molecule has 0 aromatic heterocycles. The van der Waals surface area contributed by atoms with Gasteiger partial charge in [-0.25, -0.2) is 0 Å². The number of hydrogen-bond donors (Lipinski definition) is 2. The van der Waals surface area contributed by atoms with Gasteiger partial charge in [-0.15, -0.1) is 0 Å². The first-order chi connectivity index (χ1) is 19.3. The first kappa shape index (κ1) is 33.0. The summed E-state index contributed by atoms with van der Waals surface area (Å²) in [6, 6.07) is 0. The maximum atomic E-state index is 12.9. The van der Waals surface area contributed by atoms with E-state index in [9.17, 15) is 24.6 Å². The number of ether oxygens (including phenoxy) is 4. The maximum absolute atomic E-state index is 12.9. The lowest BCUT2D eigenvalue weighted by Crippen LogP contribution is -2.63. The van der Waals surface area contributed by atoms with Crippen molar-refractivity contribution in [1.29, 1.82) is 0 Å². The summed E-state index contributed by atoms with van der Waals surface area (Å²) in [5.41, 5.74) is -0.348. The molecule has 9 heteroatoms. The van der Waals surface area contributed by atoms with Gasteiger partial charge in [-0.2, -0.15) is 0 Å². The summed E-state index contributed by atoms with van der Waals surface area (Å²) in [7, 11) is 0. The average molecular weight is 577 g/mol. The highest BCUT2D eigenvalue weighted by molar-refractivity contribution is 5.70. The van der Waals surface area contributed by atoms with E-state index in [1.165, 1.54) is 13.8 Å². The van der Waals surface area contributed by atoms with Crippen LogP contribution in [0.5, 0.6) is 0 Å². The fraction of sp³-hybridized carbons (Fsp3) is 0.719. The largest absolute Gasteiger partial charge is 0.458 e. The van der Waals surface area contributed by atoms with Crippen LogP contribution in [0.25, 0.3) is 0 Å². The standard InChI is InChI=1S/C32H48O9/c1-8-10-11-12-23(35)16-28(37)40-24-17-25-29(38-21(5)33)41-30(39-22(6)34)32(25)26(18-24)31(7,14-13-19(3)9-2)20(4)15-27(32)36/h9,17,20,23-24,26-27,29-30,35-36H,2-3,8,10-16,18H2,1,4-7H3/t20-,23+,24+,26+,27+,29+,30-,31-,32-/m1/s1. The van der Waals surface area contributed by atoms with Crippen LogP contribution in [0.2, 0.25) is 0 Å². The van der Waals surface area contributed by atoms with Crippen LogP contribution in [0.3, 0.4) is 0 Å². The third kappa shape index (κ3) is 6.95. The summed E-state index contributed by atoms with van der Waals surface area (Å²) in [4.78, 5) is 37.3. The van der Waals surface area contributed by atoms with Crippen LogP contribution in [0.4, 0.5) is 0 Å². The molecule has 1 saturated heterocycles. The second-order valence-corrected chi connectivity index (χ2v) is 12.3. The van der Waals surface area contributed by atoms with Crippen LogP contribution >= 0.6 is 0 Å². The predicted molar refractivity (Wildman–Crippen MR) is 152 cm³/mol. The summed E-state index contributed by atoms with van der Waals surface area (Å²) in [6.45, 7) is 16.7. The van der Waals surface area contributed by atoms with Gasteiger partial charge < -0.3 is 24.4 Å². The van der Waals surface area contributed by atoms with E-state index >= 15 is 0 Å². The molecule has 0 aromatic carbocycles. The van der Waals surface area contributed by atoms with Crippen molar-refractivity contribution in [3.8, 4) is 0 Å². The number of aliphatic hydroxyl groups is 2. The average Bonchev–Trinajstić information content (AvgIpc) is 3.17. The summed E-state index contributed by atoms with van der Waals surface area (Å²) in [5, 5.41) is 22.2. The monoisotopic (exact) mass is 576 g/mol. The number of hydrogen-bond acceptors (Lipinski definition) is 9. The van der Waals surface area contributed by atoms with Crippen molar-refractivity contribution >= 4 is 17.9 Å². The van der Waals surface area contributed by atoms with Gasteiger partial charge >= 0.3 is 17.9 Å². The van der Waals surface area contributed by atoms with E-state index in [1.54, 1.807) is 12.2 Å². The van der Waals surface area contributed by atoms with Crippen LogP contribution in [-0.4, -0.2) is 59.0 Å². The van der Waals surface area contributed by atoms with Gasteiger partial charge in [-0.05, 0) is 55.4 Å². The Hall–Kier alpha value is -2.49. The number of rotatable bonds is 13. The quantitative estimate of drug-likeness (QED) is 0.103. The molecule has 0 aromatic rings. The Morgan fingerprint density at radius 3 is 2.46 bits per heavy atom. The van der Waals surface area contributed by atoms with Crippen LogP contribution in [0.1, 0.15) is 92.4 Å². The number of allylic oxidation sites excluding steroid dienone is 2. The number of unbranched alkanes of at least 4 members (excludes halogenated alkanes) is 2. The van der Waals surface area contributed by atoms with Crippen molar-refractivity contribution in [1.82, 2.24) is 0 Å². The van der Waals surface area contributed by atoms with E-state index < -0.39 is 59.6 Å². The van der Waals surface area contributed by atoms with Crippen molar-refractivity contribution in [3.05, 3.63) is 36.5 Å². The Morgan fingerprint density at radius 2 is 1.85 bits per heavy atom. The fourth-order valence-corrected chi connectivity index (χ4v) is 7.16. The molecule has 0 radical (unpaired) electrons. The molecule has 2 N–H and O–H groups in total. The molecule has 2 fully saturated rings. The van der Waals surface area contributed by atoms with Gasteiger partial charge in [0.25, 0.3) is 0 Å². The molecule has 2 aliphatic carbocycles. The lowest BCUT2D eigenvalue weighted by Gasteiger charge is -2.60. The third-order valence-electron chi connectivity index (χ3n) is 9.50. The minimum Gasteiger partial charge on any atom is -0.458 e. The van der Waals surface area contributed by atoms with Crippen molar-refractivity contribution in [2.45, 2.75) is 123 Å². The van der Waals surface area contributed by atoms with Gasteiger partial charge in [0.05, 0.1) is 24.0 Å². The molecule has 1 saturated carbocycles. The lowest BCUT2D eigenvalue weighted by molar-refractivity contribution is -0.254. The van der Waals surface area contributed by atoms with E-state index in [1.807, 2.05) is 0 Å². The minimum atomic E-state index is -1.23. The summed E-state index contributed by atoms with van der Waals surface area (Å²) >= 11 is 0. The molecule has 41 heavy (non-hydrogen) atoms. The highest BCUT2D eigenvalue weighted by atomic mass is 16.8. The van der Waals surface area contributed by atoms with E-state index in [0.29, 0.717) is 37.7 Å². The van der Waals surface area contributed by atoms with Crippen molar-refractivity contribution in [3.63, 3.8) is 0 Å². The lowest BCUT2D eigenvalue weighted by atomic mass is 9.45. The molecule has 0 unspecified atom stereocenters. The molecule has 3 aliphatic rings. The second kappa shape index (κ2) is 13.7. The van der Waals surface area contributed by atoms with Crippen LogP contribution in [0.15, 0.2) is 36.5 Å². The number of carbonyl (C=O) groups is 3. The van der Waals surface area contributed by atoms with Crippen molar-refractivity contribution in [2.24, 2.45) is 22.7 Å². The van der Waals surface area contributed by atoms with Crippen molar-refractivity contribution in [2.75, 3.05) is 0 Å². The third-order valence-corrected chi connectivity index (χ3v) is 9.50. The van der Waals surface area contributed by atoms with E-state index in [-0.39, 0.29) is 18.3 Å². The number of carbonyl (C=O) groups excluding carboxylic acids is 3. The normalized spacial score (nSPS) is 34.9. The fourth-order valence-electron chi connectivity index (χ4n) is 7.16. The Bertz CT molecular complexity index is 1030. The van der Waals surface area contributed by atoms with Crippen LogP contribution < -0.4 is 0 Å². The predicted octanol–water partition coefficient (Wildman–Crippen LogP) is 4.90. The molecule has 1 heterocycles. The Balaban J connectivity index is 2.05. The number of esters is 3. The molecule has 9 atom stereocenters. The van der Waals surface area contributed by atoms with Gasteiger partial charge in [0.1, 0.15) is 6.10 Å². The first-order valence-corrected chi connectivity index (χ1v) is 14.9. The smallest absolute Gasteiger partial charge is 0.309 e. The zero-order valence-corrected chi connectivity index (χ0v) is 25.2. The summed E-state index contributed by atoms with van der Waals surface area (Å²) in [5.74, 6) is -2.08. The van der Waals surface area contributed by atoms with E-state index in [4.69, 9.17) is 18.9 Å². The van der Waals surface area contributed by atoms with E-state index in [0.717, 1.165) is 24.8 Å². The summed E-state index contributed by atoms with van der Waals surface area (Å²) < 4.78 is 23.2. The molecular formula is C32H48O9. The molecule has 3 rings (SSSR count). The second-order valence-electron chi connectivity index (χ2n) is 12.3. The zero-order valence-electron chi connectivity index (χ0n) is 25.2. The topological polar surface area (TPSA) is 129 Å². The van der Waals surface area contributed by atoms with Gasteiger partial charge in [0.15, 0.2) is 0 Å². The minimum absolute atomic E-state index is 0.0348.